The van der Waals surface area contributed by atoms with Crippen molar-refractivity contribution >= 4 is 0 Å². The molecular weight excluding hydrogens is 234 g/mol. The van der Waals surface area contributed by atoms with Gasteiger partial charge in [0.25, 0.3) is 0 Å². The van der Waals surface area contributed by atoms with Gasteiger partial charge in [0.15, 0.2) is 0 Å². The van der Waals surface area contributed by atoms with Gasteiger partial charge in [0, 0.05) is 5.54 Å². The predicted molar refractivity (Wildman–Crippen MR) is 75.6 cm³/mol. The average molecular weight is 257 g/mol. The van der Waals surface area contributed by atoms with Gasteiger partial charge in [0.2, 0.25) is 0 Å². The maximum Gasteiger partial charge on any atom is 0.0831 e. The smallest absolute Gasteiger partial charge is 0.0831 e. The van der Waals surface area contributed by atoms with Gasteiger partial charge in [-0.2, -0.15) is 5.06 Å². The molecule has 2 bridgehead atoms. The lowest BCUT2D eigenvalue weighted by atomic mass is 9.79. The van der Waals surface area contributed by atoms with Crippen LogP contribution in [0.4, 0.5) is 0 Å². The molecule has 4 rings (SSSR count). The van der Waals surface area contributed by atoms with E-state index in [9.17, 15) is 0 Å². The van der Waals surface area contributed by atoms with Crippen molar-refractivity contribution in [2.75, 3.05) is 0 Å². The SMILES string of the molecule is c1ccc([C@@H]2C[C@@H]3CC4(CCCCCC4)N2O3)cc1. The Morgan fingerprint density at radius 3 is 2.42 bits per heavy atom. The number of hydroxylamine groups is 2. The molecule has 2 aliphatic heterocycles. The Hall–Kier alpha value is -0.860. The van der Waals surface area contributed by atoms with E-state index < -0.39 is 0 Å². The van der Waals surface area contributed by atoms with E-state index in [1.807, 2.05) is 0 Å². The molecule has 1 aromatic carbocycles. The van der Waals surface area contributed by atoms with Crippen LogP contribution in [-0.2, 0) is 4.84 Å². The molecule has 1 spiro atoms. The zero-order chi connectivity index (χ0) is 12.7. The Labute approximate surface area is 115 Å². The molecule has 0 aromatic heterocycles. The average Bonchev–Trinajstić information content (AvgIpc) is 2.93. The highest BCUT2D eigenvalue weighted by Gasteiger charge is 2.55. The summed E-state index contributed by atoms with van der Waals surface area (Å²) in [7, 11) is 0. The molecule has 0 N–H and O–H groups in total. The van der Waals surface area contributed by atoms with Gasteiger partial charge in [-0.25, -0.2) is 0 Å². The van der Waals surface area contributed by atoms with Crippen molar-refractivity contribution in [3.05, 3.63) is 35.9 Å². The number of hydrogen-bond acceptors (Lipinski definition) is 2. The number of rotatable bonds is 1. The highest BCUT2D eigenvalue weighted by molar-refractivity contribution is 5.22. The largest absolute Gasteiger partial charge is 0.294 e. The lowest BCUT2D eigenvalue weighted by molar-refractivity contribution is -0.171. The van der Waals surface area contributed by atoms with Crippen molar-refractivity contribution in [2.45, 2.75) is 69.1 Å². The molecule has 1 saturated carbocycles. The molecule has 1 aromatic rings. The molecule has 0 amide bonds. The second-order valence-corrected chi connectivity index (χ2v) is 6.56. The Balaban J connectivity index is 1.63. The molecule has 1 aliphatic carbocycles. The molecule has 2 nitrogen and oxygen atoms in total. The van der Waals surface area contributed by atoms with E-state index in [1.165, 1.54) is 56.9 Å². The Bertz CT molecular complexity index is 436. The summed E-state index contributed by atoms with van der Waals surface area (Å²) < 4.78 is 0. The minimum absolute atomic E-state index is 0.361. The van der Waals surface area contributed by atoms with Crippen molar-refractivity contribution in [1.82, 2.24) is 5.06 Å². The standard InChI is InChI=1S/C17H23NO/c1-2-7-11-17(10-6-1)13-15-12-16(18(17)19-15)14-8-4-3-5-9-14/h3-5,8-9,15-16H,1-2,6-7,10-13H2/t15-,16+/m1/s1. The molecule has 3 aliphatic rings. The third-order valence-corrected chi connectivity index (χ3v) is 5.33. The van der Waals surface area contributed by atoms with E-state index in [0.717, 1.165) is 0 Å². The Kier molecular flexibility index (Phi) is 2.89. The first-order valence-corrected chi connectivity index (χ1v) is 7.88. The summed E-state index contributed by atoms with van der Waals surface area (Å²) in [6, 6.07) is 11.4. The van der Waals surface area contributed by atoms with Gasteiger partial charge in [0.05, 0.1) is 12.1 Å². The summed E-state index contributed by atoms with van der Waals surface area (Å²) in [5.74, 6) is 0. The fourth-order valence-electron chi connectivity index (χ4n) is 4.46. The summed E-state index contributed by atoms with van der Waals surface area (Å²) >= 11 is 0. The monoisotopic (exact) mass is 257 g/mol. The van der Waals surface area contributed by atoms with Gasteiger partial charge in [-0.05, 0) is 31.2 Å². The van der Waals surface area contributed by atoms with Crippen LogP contribution in [0.15, 0.2) is 30.3 Å². The van der Waals surface area contributed by atoms with E-state index in [0.29, 0.717) is 17.7 Å². The molecule has 3 fully saturated rings. The van der Waals surface area contributed by atoms with Crippen LogP contribution < -0.4 is 0 Å². The van der Waals surface area contributed by atoms with E-state index in [-0.39, 0.29) is 0 Å². The van der Waals surface area contributed by atoms with Crippen LogP contribution in [-0.4, -0.2) is 16.7 Å². The highest BCUT2D eigenvalue weighted by Crippen LogP contribution is 2.53. The van der Waals surface area contributed by atoms with E-state index in [1.54, 1.807) is 0 Å². The predicted octanol–water partition coefficient (Wildman–Crippen LogP) is 4.23. The molecule has 2 heterocycles. The lowest BCUT2D eigenvalue weighted by Crippen LogP contribution is -2.45. The van der Waals surface area contributed by atoms with Gasteiger partial charge in [-0.15, -0.1) is 0 Å². The minimum Gasteiger partial charge on any atom is -0.294 e. The molecule has 1 unspecified atom stereocenters. The van der Waals surface area contributed by atoms with Crippen LogP contribution >= 0.6 is 0 Å². The Morgan fingerprint density at radius 2 is 1.74 bits per heavy atom. The summed E-state index contributed by atoms with van der Waals surface area (Å²) in [4.78, 5) is 6.22. The summed E-state index contributed by atoms with van der Waals surface area (Å²) in [5.41, 5.74) is 1.80. The minimum atomic E-state index is 0.361. The van der Waals surface area contributed by atoms with Crippen molar-refractivity contribution < 1.29 is 4.84 Å². The van der Waals surface area contributed by atoms with Crippen molar-refractivity contribution in [3.63, 3.8) is 0 Å². The van der Waals surface area contributed by atoms with Crippen molar-refractivity contribution in [3.8, 4) is 0 Å². The first kappa shape index (κ1) is 11.9. The second-order valence-electron chi connectivity index (χ2n) is 6.56. The van der Waals surface area contributed by atoms with Gasteiger partial charge in [-0.1, -0.05) is 56.0 Å². The zero-order valence-corrected chi connectivity index (χ0v) is 11.6. The quantitative estimate of drug-likeness (QED) is 0.746. The third kappa shape index (κ3) is 1.93. The van der Waals surface area contributed by atoms with Crippen LogP contribution in [0, 0.1) is 0 Å². The molecule has 102 valence electrons. The van der Waals surface area contributed by atoms with Crippen LogP contribution in [0.1, 0.15) is 63.0 Å². The Morgan fingerprint density at radius 1 is 1.00 bits per heavy atom. The van der Waals surface area contributed by atoms with Crippen LogP contribution in [0.2, 0.25) is 0 Å². The lowest BCUT2D eigenvalue weighted by Gasteiger charge is -2.41. The highest BCUT2D eigenvalue weighted by atomic mass is 16.7. The van der Waals surface area contributed by atoms with Gasteiger partial charge >= 0.3 is 0 Å². The van der Waals surface area contributed by atoms with Crippen molar-refractivity contribution in [1.29, 1.82) is 0 Å². The third-order valence-electron chi connectivity index (χ3n) is 5.33. The van der Waals surface area contributed by atoms with Crippen molar-refractivity contribution in [2.24, 2.45) is 0 Å². The number of piperidine rings is 1. The normalized spacial score (nSPS) is 36.5. The van der Waals surface area contributed by atoms with Crippen LogP contribution in [0.25, 0.3) is 0 Å². The topological polar surface area (TPSA) is 12.5 Å². The molecule has 0 radical (unpaired) electrons. The number of nitrogens with zero attached hydrogens (tertiary/aromatic N) is 1. The maximum absolute atomic E-state index is 6.22. The number of benzene rings is 1. The van der Waals surface area contributed by atoms with Gasteiger partial charge in [0.1, 0.15) is 0 Å². The second kappa shape index (κ2) is 4.60. The first-order valence-electron chi connectivity index (χ1n) is 7.88. The molecule has 3 atom stereocenters. The van der Waals surface area contributed by atoms with Crippen LogP contribution in [0.5, 0.6) is 0 Å². The molecule has 19 heavy (non-hydrogen) atoms. The fourth-order valence-corrected chi connectivity index (χ4v) is 4.46. The first-order chi connectivity index (χ1) is 9.37. The summed E-state index contributed by atoms with van der Waals surface area (Å²) in [5, 5.41) is 2.42. The van der Waals surface area contributed by atoms with E-state index in [2.05, 4.69) is 35.4 Å². The fraction of sp³-hybridized carbons (Fsp3) is 0.647. The molecule has 2 saturated heterocycles. The number of fused-ring (bicyclic) bond motifs is 3. The molecular formula is C17H23NO. The van der Waals surface area contributed by atoms with Crippen LogP contribution in [0.3, 0.4) is 0 Å². The van der Waals surface area contributed by atoms with E-state index >= 15 is 0 Å². The summed E-state index contributed by atoms with van der Waals surface area (Å²) in [6.45, 7) is 0. The van der Waals surface area contributed by atoms with Gasteiger partial charge in [-0.3, -0.25) is 4.84 Å². The maximum atomic E-state index is 6.22. The zero-order valence-electron chi connectivity index (χ0n) is 11.6. The van der Waals surface area contributed by atoms with Gasteiger partial charge < -0.3 is 0 Å². The molecule has 2 heteroatoms. The number of hydrogen-bond donors (Lipinski definition) is 0. The summed E-state index contributed by atoms with van der Waals surface area (Å²) in [6.07, 6.45) is 11.2. The van der Waals surface area contributed by atoms with E-state index in [4.69, 9.17) is 4.84 Å².